The summed E-state index contributed by atoms with van der Waals surface area (Å²) in [6.45, 7) is 11.0. The first-order valence-corrected chi connectivity index (χ1v) is 9.63. The first kappa shape index (κ1) is 14.5. The van der Waals surface area contributed by atoms with Crippen molar-refractivity contribution < 1.29 is 10.0 Å². The minimum Gasteiger partial charge on any atom is -0.370 e. The van der Waals surface area contributed by atoms with Crippen LogP contribution in [0.25, 0.3) is 6.08 Å². The number of rotatable bonds is 2. The van der Waals surface area contributed by atoms with Crippen LogP contribution in [0.2, 0.25) is 18.1 Å². The molecule has 0 saturated heterocycles. The summed E-state index contributed by atoms with van der Waals surface area (Å²) < 4.78 is 0.187. The molecule has 0 radical (unpaired) electrons. The van der Waals surface area contributed by atoms with Gasteiger partial charge in [0.25, 0.3) is 8.24 Å². The molecule has 1 atom stereocenters. The number of hydrogen-bond donors (Lipinski definition) is 2. The minimum absolute atomic E-state index is 0.0402. The monoisotopic (exact) mass is 276 g/mol. The molecule has 5 heteroatoms. The van der Waals surface area contributed by atoms with Crippen LogP contribution in [-0.4, -0.2) is 25.5 Å². The quantitative estimate of drug-likeness (QED) is 0.815. The maximum absolute atomic E-state index is 10.2. The summed E-state index contributed by atoms with van der Waals surface area (Å²) in [5.74, 6) is 0. The van der Waals surface area contributed by atoms with Crippen LogP contribution in [0.4, 0.5) is 5.69 Å². The molecule has 0 fully saturated rings. The zero-order valence-corrected chi connectivity index (χ0v) is 13.4. The fourth-order valence-corrected chi connectivity index (χ4v) is 5.72. The molecule has 1 heterocycles. The second kappa shape index (κ2) is 4.31. The molecule has 0 spiro atoms. The average molecular weight is 276 g/mol. The summed E-state index contributed by atoms with van der Waals surface area (Å²) in [5.41, 5.74) is 2.09. The van der Waals surface area contributed by atoms with E-state index in [0.29, 0.717) is 0 Å². The van der Waals surface area contributed by atoms with Crippen molar-refractivity contribution in [2.45, 2.75) is 38.9 Å². The Labute approximate surface area is 117 Å². The zero-order valence-electron chi connectivity index (χ0n) is 12.4. The molecule has 1 aromatic rings. The minimum atomic E-state index is -2.09. The van der Waals surface area contributed by atoms with Gasteiger partial charge in [0.1, 0.15) is 5.69 Å². The van der Waals surface area contributed by atoms with Crippen LogP contribution >= 0.6 is 0 Å². The molecule has 2 N–H and O–H groups in total. The van der Waals surface area contributed by atoms with Gasteiger partial charge in [-0.2, -0.15) is 0 Å². The molecule has 102 valence electrons. The molecular formula is C14H23BNO2Si+. The summed E-state index contributed by atoms with van der Waals surface area (Å²) >= 11 is 0. The Balaban J connectivity index is 2.71. The highest BCUT2D eigenvalue weighted by Gasteiger charge is 2.63. The van der Waals surface area contributed by atoms with Gasteiger partial charge < -0.3 is 14.1 Å². The molecule has 0 amide bonds. The number of hydrogen-bond acceptors (Lipinski definition) is 2. The van der Waals surface area contributed by atoms with E-state index in [9.17, 15) is 10.0 Å². The van der Waals surface area contributed by atoms with Gasteiger partial charge in [0.2, 0.25) is 0 Å². The molecule has 3 nitrogen and oxygen atoms in total. The molecular weight excluding hydrogens is 253 g/mol. The Morgan fingerprint density at radius 2 is 1.68 bits per heavy atom. The highest BCUT2D eigenvalue weighted by molar-refractivity contribution is 6.89. The normalized spacial score (nSPS) is 22.5. The van der Waals surface area contributed by atoms with Crippen molar-refractivity contribution in [1.29, 1.82) is 0 Å². The van der Waals surface area contributed by atoms with Crippen molar-refractivity contribution in [2.75, 3.05) is 0 Å². The van der Waals surface area contributed by atoms with E-state index in [-0.39, 0.29) is 9.10 Å². The zero-order chi connectivity index (χ0) is 14.5. The third-order valence-corrected chi connectivity index (χ3v) is 11.1. The number of benzene rings is 1. The lowest BCUT2D eigenvalue weighted by Crippen LogP contribution is -2.73. The van der Waals surface area contributed by atoms with Gasteiger partial charge in [0, 0.05) is 16.7 Å². The lowest BCUT2D eigenvalue weighted by atomic mass is 10.1. The van der Waals surface area contributed by atoms with E-state index < -0.39 is 15.5 Å². The molecule has 1 aliphatic rings. The molecule has 1 unspecified atom stereocenters. The van der Waals surface area contributed by atoms with Crippen LogP contribution in [0, 0.1) is 0 Å². The van der Waals surface area contributed by atoms with E-state index in [1.807, 2.05) is 36.5 Å². The largest absolute Gasteiger partial charge is 0.746 e. The summed E-state index contributed by atoms with van der Waals surface area (Å²) in [5, 5.41) is 20.4. The van der Waals surface area contributed by atoms with Crippen molar-refractivity contribution in [2.24, 2.45) is 0 Å². The SMILES string of the molecule is CC(C)(C)[Si](C)(C)[N+]1(B(O)O)C=Cc2ccccc21. The van der Waals surface area contributed by atoms with Crippen molar-refractivity contribution in [3.8, 4) is 0 Å². The Hall–Kier alpha value is -0.878. The molecule has 0 aliphatic carbocycles. The van der Waals surface area contributed by atoms with Crippen molar-refractivity contribution in [3.63, 3.8) is 0 Å². The van der Waals surface area contributed by atoms with Gasteiger partial charge in [-0.05, 0) is 25.2 Å². The van der Waals surface area contributed by atoms with Gasteiger partial charge in [-0.3, -0.25) is 0 Å². The summed E-state index contributed by atoms with van der Waals surface area (Å²) in [7, 11) is -3.50. The molecule has 1 aliphatic heterocycles. The van der Waals surface area contributed by atoms with Crippen LogP contribution in [0.15, 0.2) is 30.5 Å². The van der Waals surface area contributed by atoms with E-state index in [2.05, 4.69) is 33.9 Å². The van der Waals surface area contributed by atoms with E-state index >= 15 is 0 Å². The second-order valence-electron chi connectivity index (χ2n) is 6.81. The summed E-state index contributed by atoms with van der Waals surface area (Å²) in [6.07, 6.45) is 3.97. The van der Waals surface area contributed by atoms with Crippen molar-refractivity contribution >= 4 is 27.3 Å². The third kappa shape index (κ3) is 1.84. The highest BCUT2D eigenvalue weighted by Crippen LogP contribution is 2.49. The second-order valence-corrected chi connectivity index (χ2v) is 12.2. The van der Waals surface area contributed by atoms with Gasteiger partial charge in [-0.25, -0.2) is 0 Å². The third-order valence-electron chi connectivity index (χ3n) is 4.95. The predicted octanol–water partition coefficient (Wildman–Crippen LogP) is 2.95. The van der Waals surface area contributed by atoms with Crippen LogP contribution in [0.3, 0.4) is 0 Å². The lowest BCUT2D eigenvalue weighted by Gasteiger charge is -2.50. The predicted molar refractivity (Wildman–Crippen MR) is 84.7 cm³/mol. The number of fused-ring (bicyclic) bond motifs is 1. The summed E-state index contributed by atoms with van der Waals surface area (Å²) in [4.78, 5) is 0. The van der Waals surface area contributed by atoms with E-state index in [1.165, 1.54) is 0 Å². The van der Waals surface area contributed by atoms with Gasteiger partial charge in [-0.1, -0.05) is 32.9 Å². The standard InChI is InChI=1S/C14H23BNO2Si/c1-14(2,3)19(4,5)16(15(17)18)11-10-12-8-6-7-9-13(12)16/h6-11,17-18H,1-5H3/q+1. The Morgan fingerprint density at radius 1 is 1.11 bits per heavy atom. The fraction of sp³-hybridized carbons (Fsp3) is 0.429. The van der Waals surface area contributed by atoms with Crippen LogP contribution in [-0.2, 0) is 0 Å². The highest BCUT2D eigenvalue weighted by atomic mass is 28.3. The van der Waals surface area contributed by atoms with E-state index in [0.717, 1.165) is 11.3 Å². The first-order valence-electron chi connectivity index (χ1n) is 6.68. The Bertz CT molecular complexity index is 522. The number of quaternary nitrogens is 1. The van der Waals surface area contributed by atoms with Gasteiger partial charge in [0.15, 0.2) is 0 Å². The molecule has 2 rings (SSSR count). The molecule has 0 bridgehead atoms. The Kier molecular flexibility index (Phi) is 3.30. The molecule has 0 saturated carbocycles. The average Bonchev–Trinajstić information content (AvgIpc) is 2.68. The maximum atomic E-state index is 10.2. The molecule has 0 aromatic heterocycles. The maximum Gasteiger partial charge on any atom is 0.746 e. The number of nitrogens with zero attached hydrogens (tertiary/aromatic N) is 1. The van der Waals surface area contributed by atoms with Crippen LogP contribution in [0.5, 0.6) is 0 Å². The van der Waals surface area contributed by atoms with Crippen molar-refractivity contribution in [3.05, 3.63) is 36.0 Å². The lowest BCUT2D eigenvalue weighted by molar-refractivity contribution is 0.354. The fourth-order valence-electron chi connectivity index (χ4n) is 2.78. The van der Waals surface area contributed by atoms with E-state index in [1.54, 1.807) is 0 Å². The molecule has 1 aromatic carbocycles. The van der Waals surface area contributed by atoms with Crippen LogP contribution < -0.4 is 4.06 Å². The smallest absolute Gasteiger partial charge is 0.370 e. The van der Waals surface area contributed by atoms with Crippen molar-refractivity contribution in [1.82, 2.24) is 4.06 Å². The van der Waals surface area contributed by atoms with E-state index in [4.69, 9.17) is 0 Å². The van der Waals surface area contributed by atoms with Crippen LogP contribution in [0.1, 0.15) is 26.3 Å². The number of para-hydroxylation sites is 1. The van der Waals surface area contributed by atoms with Gasteiger partial charge in [-0.15, -0.1) is 0 Å². The first-order chi connectivity index (χ1) is 8.64. The van der Waals surface area contributed by atoms with Gasteiger partial charge >= 0.3 is 7.25 Å². The topological polar surface area (TPSA) is 40.5 Å². The van der Waals surface area contributed by atoms with Gasteiger partial charge in [0.05, 0.1) is 6.20 Å². The summed E-state index contributed by atoms with van der Waals surface area (Å²) in [6, 6.07) is 7.99. The Morgan fingerprint density at radius 3 is 2.21 bits per heavy atom. The molecule has 19 heavy (non-hydrogen) atoms.